The summed E-state index contributed by atoms with van der Waals surface area (Å²) < 4.78 is 5.97. The van der Waals surface area contributed by atoms with Gasteiger partial charge in [0.1, 0.15) is 0 Å². The van der Waals surface area contributed by atoms with Gasteiger partial charge in [0.05, 0.1) is 12.7 Å². The lowest BCUT2D eigenvalue weighted by molar-refractivity contribution is -0.128. The number of benzene rings is 1. The van der Waals surface area contributed by atoms with Crippen molar-refractivity contribution in [2.45, 2.75) is 31.9 Å². The summed E-state index contributed by atoms with van der Waals surface area (Å²) in [4.78, 5) is 16.1. The first kappa shape index (κ1) is 15.8. The minimum atomic E-state index is 0.0131. The van der Waals surface area contributed by atoms with Crippen LogP contribution in [0.3, 0.4) is 0 Å². The van der Waals surface area contributed by atoms with Crippen molar-refractivity contribution in [2.75, 3.05) is 32.8 Å². The van der Waals surface area contributed by atoms with Gasteiger partial charge in [-0.15, -0.1) is 0 Å². The summed E-state index contributed by atoms with van der Waals surface area (Å²) in [6.07, 6.45) is 1.72. The maximum absolute atomic E-state index is 11.7. The van der Waals surface area contributed by atoms with Crippen LogP contribution < -0.4 is 0 Å². The summed E-state index contributed by atoms with van der Waals surface area (Å²) >= 11 is 6.29. The van der Waals surface area contributed by atoms with Crippen LogP contribution in [0.15, 0.2) is 24.3 Å². The van der Waals surface area contributed by atoms with Gasteiger partial charge in [0, 0.05) is 49.2 Å². The van der Waals surface area contributed by atoms with Crippen LogP contribution in [0.4, 0.5) is 0 Å². The van der Waals surface area contributed by atoms with Gasteiger partial charge in [0.15, 0.2) is 0 Å². The van der Waals surface area contributed by atoms with E-state index in [1.807, 2.05) is 29.2 Å². The van der Waals surface area contributed by atoms with E-state index in [-0.39, 0.29) is 6.10 Å². The van der Waals surface area contributed by atoms with Gasteiger partial charge in [-0.05, 0) is 19.4 Å². The molecule has 2 heterocycles. The van der Waals surface area contributed by atoms with Gasteiger partial charge in [-0.2, -0.15) is 0 Å². The number of nitrogens with zero attached hydrogens (tertiary/aromatic N) is 2. The number of likely N-dealkylation sites (tertiary alicyclic amines) is 1. The zero-order valence-corrected chi connectivity index (χ0v) is 13.8. The molecular formula is C17H23ClN2O2. The number of ether oxygens (including phenoxy) is 1. The highest BCUT2D eigenvalue weighted by Gasteiger charge is 2.29. The lowest BCUT2D eigenvalue weighted by Gasteiger charge is -2.39. The average Bonchev–Trinajstić information content (AvgIpc) is 2.92. The molecule has 4 nitrogen and oxygen atoms in total. The second-order valence-corrected chi connectivity index (χ2v) is 6.58. The number of hydrogen-bond donors (Lipinski definition) is 0. The lowest BCUT2D eigenvalue weighted by Crippen LogP contribution is -2.48. The van der Waals surface area contributed by atoms with E-state index in [1.54, 1.807) is 0 Å². The Kier molecular flexibility index (Phi) is 5.01. The zero-order chi connectivity index (χ0) is 15.5. The van der Waals surface area contributed by atoms with Gasteiger partial charge in [0.25, 0.3) is 0 Å². The molecule has 0 N–H and O–H groups in total. The van der Waals surface area contributed by atoms with Crippen molar-refractivity contribution in [3.05, 3.63) is 34.9 Å². The number of carbonyl (C=O) groups excluding carboxylic acids is 1. The second kappa shape index (κ2) is 6.99. The van der Waals surface area contributed by atoms with Crippen LogP contribution in [0.2, 0.25) is 5.02 Å². The zero-order valence-electron chi connectivity index (χ0n) is 13.0. The highest BCUT2D eigenvalue weighted by Crippen LogP contribution is 2.29. The Morgan fingerprint density at radius 1 is 1.32 bits per heavy atom. The lowest BCUT2D eigenvalue weighted by atomic mass is 10.1. The topological polar surface area (TPSA) is 32.8 Å². The van der Waals surface area contributed by atoms with E-state index >= 15 is 0 Å². The summed E-state index contributed by atoms with van der Waals surface area (Å²) in [5, 5.41) is 0.761. The maximum Gasteiger partial charge on any atom is 0.222 e. The van der Waals surface area contributed by atoms with Crippen molar-refractivity contribution in [3.63, 3.8) is 0 Å². The standard InChI is InChI=1S/C17H23ClN2O2/c1-13-12-22-16(14-5-2-3-6-15(14)18)11-20(13)10-9-19-8-4-7-17(19)21/h2-3,5-6,13,16H,4,7-12H2,1H3/t13-,16-/m1/s1. The average molecular weight is 323 g/mol. The number of hydrogen-bond acceptors (Lipinski definition) is 3. The molecule has 120 valence electrons. The largest absolute Gasteiger partial charge is 0.371 e. The quantitative estimate of drug-likeness (QED) is 0.854. The SMILES string of the molecule is C[C@@H]1CO[C@@H](c2ccccc2Cl)CN1CCN1CCCC1=O. The predicted molar refractivity (Wildman–Crippen MR) is 87.0 cm³/mol. The first-order valence-corrected chi connectivity index (χ1v) is 8.41. The Hall–Kier alpha value is -1.10. The molecule has 5 heteroatoms. The van der Waals surface area contributed by atoms with Crippen LogP contribution in [-0.2, 0) is 9.53 Å². The van der Waals surface area contributed by atoms with E-state index in [4.69, 9.17) is 16.3 Å². The van der Waals surface area contributed by atoms with Crippen molar-refractivity contribution in [1.29, 1.82) is 0 Å². The van der Waals surface area contributed by atoms with Gasteiger partial charge < -0.3 is 9.64 Å². The molecular weight excluding hydrogens is 300 g/mol. The molecule has 1 aromatic rings. The summed E-state index contributed by atoms with van der Waals surface area (Å²) in [6, 6.07) is 8.25. The Morgan fingerprint density at radius 2 is 2.14 bits per heavy atom. The molecule has 0 aromatic heterocycles. The van der Waals surface area contributed by atoms with Gasteiger partial charge in [0.2, 0.25) is 5.91 Å². The van der Waals surface area contributed by atoms with Crippen molar-refractivity contribution in [1.82, 2.24) is 9.80 Å². The summed E-state index contributed by atoms with van der Waals surface area (Å²) in [5.74, 6) is 0.295. The van der Waals surface area contributed by atoms with Gasteiger partial charge >= 0.3 is 0 Å². The monoisotopic (exact) mass is 322 g/mol. The molecule has 0 unspecified atom stereocenters. The molecule has 0 radical (unpaired) electrons. The Morgan fingerprint density at radius 3 is 2.86 bits per heavy atom. The highest BCUT2D eigenvalue weighted by atomic mass is 35.5. The number of carbonyl (C=O) groups is 1. The minimum Gasteiger partial charge on any atom is -0.371 e. The third kappa shape index (κ3) is 3.45. The minimum absolute atomic E-state index is 0.0131. The smallest absolute Gasteiger partial charge is 0.222 e. The van der Waals surface area contributed by atoms with Crippen molar-refractivity contribution >= 4 is 17.5 Å². The normalized spacial score (nSPS) is 26.6. The van der Waals surface area contributed by atoms with E-state index in [0.29, 0.717) is 25.0 Å². The summed E-state index contributed by atoms with van der Waals surface area (Å²) in [6.45, 7) is 6.33. The van der Waals surface area contributed by atoms with Crippen molar-refractivity contribution < 1.29 is 9.53 Å². The third-order valence-electron chi connectivity index (χ3n) is 4.64. The van der Waals surface area contributed by atoms with E-state index in [1.165, 1.54) is 0 Å². The Bertz CT molecular complexity index is 537. The number of rotatable bonds is 4. The molecule has 0 saturated carbocycles. The van der Waals surface area contributed by atoms with Gasteiger partial charge in [-0.1, -0.05) is 29.8 Å². The van der Waals surface area contributed by atoms with E-state index < -0.39 is 0 Å². The second-order valence-electron chi connectivity index (χ2n) is 6.17. The fraction of sp³-hybridized carbons (Fsp3) is 0.588. The van der Waals surface area contributed by atoms with Crippen LogP contribution >= 0.6 is 11.6 Å². The first-order chi connectivity index (χ1) is 10.6. The fourth-order valence-corrected chi connectivity index (χ4v) is 3.49. The Labute approximate surface area is 137 Å². The van der Waals surface area contributed by atoms with Gasteiger partial charge in [-0.25, -0.2) is 0 Å². The molecule has 0 bridgehead atoms. The summed E-state index contributed by atoms with van der Waals surface area (Å²) in [7, 11) is 0. The Balaban J connectivity index is 1.61. The molecule has 2 atom stereocenters. The van der Waals surface area contributed by atoms with Crippen LogP contribution in [0.1, 0.15) is 31.4 Å². The number of halogens is 1. The highest BCUT2D eigenvalue weighted by molar-refractivity contribution is 6.31. The van der Waals surface area contributed by atoms with E-state index in [9.17, 15) is 4.79 Å². The fourth-order valence-electron chi connectivity index (χ4n) is 3.23. The summed E-state index contributed by atoms with van der Waals surface area (Å²) in [5.41, 5.74) is 1.05. The van der Waals surface area contributed by atoms with Crippen LogP contribution in [0.25, 0.3) is 0 Å². The molecule has 1 amide bonds. The van der Waals surface area contributed by atoms with E-state index in [2.05, 4.69) is 11.8 Å². The molecule has 0 aliphatic carbocycles. The molecule has 2 aliphatic rings. The van der Waals surface area contributed by atoms with Crippen molar-refractivity contribution in [2.24, 2.45) is 0 Å². The first-order valence-electron chi connectivity index (χ1n) is 8.03. The predicted octanol–water partition coefficient (Wildman–Crippen LogP) is 2.72. The molecule has 3 rings (SSSR count). The van der Waals surface area contributed by atoms with Crippen LogP contribution in [-0.4, -0.2) is 54.5 Å². The van der Waals surface area contributed by atoms with Crippen molar-refractivity contribution in [3.8, 4) is 0 Å². The molecule has 2 saturated heterocycles. The van der Waals surface area contributed by atoms with E-state index in [0.717, 1.165) is 43.2 Å². The maximum atomic E-state index is 11.7. The molecule has 1 aromatic carbocycles. The molecule has 2 fully saturated rings. The van der Waals surface area contributed by atoms with Crippen LogP contribution in [0.5, 0.6) is 0 Å². The molecule has 0 spiro atoms. The third-order valence-corrected chi connectivity index (χ3v) is 4.99. The van der Waals surface area contributed by atoms with Gasteiger partial charge in [-0.3, -0.25) is 9.69 Å². The molecule has 2 aliphatic heterocycles. The molecule has 22 heavy (non-hydrogen) atoms. The number of amides is 1. The van der Waals surface area contributed by atoms with Crippen LogP contribution in [0, 0.1) is 0 Å². The number of morpholine rings is 1.